The van der Waals surface area contributed by atoms with E-state index in [1.54, 1.807) is 17.4 Å². The number of halogens is 2. The molecular formula is C27H33F2N3O4. The summed E-state index contributed by atoms with van der Waals surface area (Å²) in [5.41, 5.74) is 1.99. The molecule has 194 valence electrons. The number of carbonyl (C=O) groups excluding carboxylic acids is 1. The number of pyridine rings is 1. The summed E-state index contributed by atoms with van der Waals surface area (Å²) in [5.74, 6) is -1.28. The molecule has 0 spiro atoms. The number of hydrogen-bond acceptors (Lipinski definition) is 6. The Morgan fingerprint density at radius 3 is 2.64 bits per heavy atom. The van der Waals surface area contributed by atoms with Gasteiger partial charge in [0.15, 0.2) is 17.2 Å². The number of ketones is 1. The topological polar surface area (TPSA) is 76.3 Å². The molecule has 0 saturated carbocycles. The SMILES string of the molecule is CCCC[C@H](CO)CC(=O)c1c(C)nc2c(OCc3c(F)cccc3F)cc(N3CCOCC3)cn12. The van der Waals surface area contributed by atoms with E-state index in [2.05, 4.69) is 16.8 Å². The normalized spacial score (nSPS) is 14.9. The fraction of sp³-hybridized carbons (Fsp3) is 0.481. The molecule has 1 aromatic carbocycles. The van der Waals surface area contributed by atoms with Crippen LogP contribution in [0.1, 0.15) is 54.4 Å². The van der Waals surface area contributed by atoms with E-state index in [0.717, 1.165) is 24.9 Å². The van der Waals surface area contributed by atoms with Crippen LogP contribution in [-0.4, -0.2) is 53.2 Å². The molecule has 0 unspecified atom stereocenters. The Kier molecular flexibility index (Phi) is 8.53. The van der Waals surface area contributed by atoms with Gasteiger partial charge in [0.1, 0.15) is 23.9 Å². The van der Waals surface area contributed by atoms with Gasteiger partial charge >= 0.3 is 0 Å². The second-order valence-electron chi connectivity index (χ2n) is 9.21. The van der Waals surface area contributed by atoms with Crippen molar-refractivity contribution in [3.05, 3.63) is 59.0 Å². The molecule has 2 aromatic heterocycles. The minimum absolute atomic E-state index is 0.0525. The number of morpholine rings is 1. The first kappa shape index (κ1) is 26.0. The number of anilines is 1. The highest BCUT2D eigenvalue weighted by Gasteiger charge is 2.24. The molecule has 1 aliphatic rings. The number of ether oxygens (including phenoxy) is 2. The van der Waals surface area contributed by atoms with Crippen molar-refractivity contribution in [2.45, 2.75) is 46.1 Å². The average Bonchev–Trinajstić information content (AvgIpc) is 3.22. The highest BCUT2D eigenvalue weighted by Crippen LogP contribution is 2.31. The largest absolute Gasteiger partial charge is 0.485 e. The van der Waals surface area contributed by atoms with Gasteiger partial charge in [-0.1, -0.05) is 25.8 Å². The molecule has 0 amide bonds. The summed E-state index contributed by atoms with van der Waals surface area (Å²) >= 11 is 0. The minimum Gasteiger partial charge on any atom is -0.485 e. The molecule has 0 aliphatic carbocycles. The van der Waals surface area contributed by atoms with Gasteiger partial charge in [-0.15, -0.1) is 0 Å². The molecule has 3 aromatic rings. The molecule has 3 heterocycles. The average molecular weight is 502 g/mol. The summed E-state index contributed by atoms with van der Waals surface area (Å²) in [4.78, 5) is 20.1. The Bertz CT molecular complexity index is 1190. The van der Waals surface area contributed by atoms with Crippen LogP contribution in [0, 0.1) is 24.5 Å². The van der Waals surface area contributed by atoms with Crippen LogP contribution in [0.3, 0.4) is 0 Å². The zero-order valence-corrected chi connectivity index (χ0v) is 20.8. The maximum absolute atomic E-state index is 14.2. The summed E-state index contributed by atoms with van der Waals surface area (Å²) in [6.45, 7) is 5.92. The van der Waals surface area contributed by atoms with Crippen LogP contribution in [0.15, 0.2) is 30.5 Å². The smallest absolute Gasteiger partial charge is 0.181 e. The van der Waals surface area contributed by atoms with E-state index in [9.17, 15) is 18.7 Å². The first-order valence-electron chi connectivity index (χ1n) is 12.5. The second-order valence-corrected chi connectivity index (χ2v) is 9.21. The van der Waals surface area contributed by atoms with Gasteiger partial charge in [-0.05, 0) is 31.4 Å². The number of aliphatic hydroxyl groups excluding tert-OH is 1. The van der Waals surface area contributed by atoms with E-state index < -0.39 is 11.6 Å². The first-order chi connectivity index (χ1) is 17.4. The number of fused-ring (bicyclic) bond motifs is 1. The van der Waals surface area contributed by atoms with Gasteiger partial charge in [0, 0.05) is 38.4 Å². The van der Waals surface area contributed by atoms with E-state index in [-0.39, 0.29) is 36.9 Å². The Morgan fingerprint density at radius 1 is 1.25 bits per heavy atom. The number of aromatic nitrogens is 2. The number of Topliss-reactive ketones (excluding diaryl/α,β-unsaturated/α-hetero) is 1. The zero-order chi connectivity index (χ0) is 25.7. The Hall–Kier alpha value is -3.04. The lowest BCUT2D eigenvalue weighted by molar-refractivity contribution is 0.0923. The number of nitrogens with zero attached hydrogens (tertiary/aromatic N) is 3. The van der Waals surface area contributed by atoms with Crippen LogP contribution in [0.2, 0.25) is 0 Å². The molecular weight excluding hydrogens is 468 g/mol. The number of hydrogen-bond donors (Lipinski definition) is 1. The molecule has 9 heteroatoms. The van der Waals surface area contributed by atoms with Crippen LogP contribution in [0.5, 0.6) is 5.75 Å². The predicted octanol–water partition coefficient (Wildman–Crippen LogP) is 4.71. The summed E-state index contributed by atoms with van der Waals surface area (Å²) < 4.78 is 41.6. The quantitative estimate of drug-likeness (QED) is 0.384. The van der Waals surface area contributed by atoms with Crippen molar-refractivity contribution in [2.24, 2.45) is 5.92 Å². The molecule has 0 bridgehead atoms. The third-order valence-corrected chi connectivity index (χ3v) is 6.62. The van der Waals surface area contributed by atoms with Crippen molar-refractivity contribution in [1.82, 2.24) is 9.38 Å². The van der Waals surface area contributed by atoms with Crippen molar-refractivity contribution in [2.75, 3.05) is 37.8 Å². The van der Waals surface area contributed by atoms with Gasteiger partial charge in [-0.2, -0.15) is 0 Å². The van der Waals surface area contributed by atoms with E-state index in [1.165, 1.54) is 18.2 Å². The van der Waals surface area contributed by atoms with Gasteiger partial charge in [0.25, 0.3) is 0 Å². The van der Waals surface area contributed by atoms with Crippen molar-refractivity contribution in [1.29, 1.82) is 0 Å². The maximum atomic E-state index is 14.2. The monoisotopic (exact) mass is 501 g/mol. The Balaban J connectivity index is 1.72. The fourth-order valence-electron chi connectivity index (χ4n) is 4.58. The van der Waals surface area contributed by atoms with Crippen LogP contribution in [0.25, 0.3) is 5.65 Å². The van der Waals surface area contributed by atoms with Gasteiger partial charge in [-0.25, -0.2) is 13.8 Å². The summed E-state index contributed by atoms with van der Waals surface area (Å²) in [6.07, 6.45) is 4.77. The van der Waals surface area contributed by atoms with E-state index in [0.29, 0.717) is 49.1 Å². The van der Waals surface area contributed by atoms with Crippen molar-refractivity contribution in [3.8, 4) is 5.75 Å². The summed E-state index contributed by atoms with van der Waals surface area (Å²) in [5, 5.41) is 9.79. The number of unbranched alkanes of at least 4 members (excludes halogenated alkanes) is 1. The predicted molar refractivity (Wildman–Crippen MR) is 133 cm³/mol. The van der Waals surface area contributed by atoms with Gasteiger partial charge < -0.3 is 19.5 Å². The molecule has 7 nitrogen and oxygen atoms in total. The minimum atomic E-state index is -0.687. The van der Waals surface area contributed by atoms with Crippen LogP contribution in [0.4, 0.5) is 14.5 Å². The molecule has 1 fully saturated rings. The standard InChI is InChI=1S/C27H33F2N3O4/c1-3-4-6-19(16-33)13-24(34)26-18(2)30-27-25(36-17-21-22(28)7-5-8-23(21)29)14-20(15-32(26)27)31-9-11-35-12-10-31/h5,7-8,14-15,19,33H,3-4,6,9-13,16-17H2,1-2H3/t19-/m0/s1. The Morgan fingerprint density at radius 2 is 1.97 bits per heavy atom. The first-order valence-corrected chi connectivity index (χ1v) is 12.5. The second kappa shape index (κ2) is 11.8. The Labute approximate surface area is 209 Å². The highest BCUT2D eigenvalue weighted by molar-refractivity contribution is 5.97. The lowest BCUT2D eigenvalue weighted by Crippen LogP contribution is -2.36. The van der Waals surface area contributed by atoms with E-state index in [1.807, 2.05) is 6.20 Å². The number of imidazole rings is 1. The molecule has 1 atom stereocenters. The summed E-state index contributed by atoms with van der Waals surface area (Å²) in [7, 11) is 0. The third-order valence-electron chi connectivity index (χ3n) is 6.62. The molecule has 4 rings (SSSR count). The molecule has 0 radical (unpaired) electrons. The van der Waals surface area contributed by atoms with Crippen LogP contribution in [-0.2, 0) is 11.3 Å². The van der Waals surface area contributed by atoms with Gasteiger partial charge in [0.2, 0.25) is 0 Å². The molecule has 1 saturated heterocycles. The lowest BCUT2D eigenvalue weighted by Gasteiger charge is -2.29. The van der Waals surface area contributed by atoms with E-state index in [4.69, 9.17) is 9.47 Å². The number of aryl methyl sites for hydroxylation is 1. The number of aliphatic hydroxyl groups is 1. The van der Waals surface area contributed by atoms with Crippen LogP contribution >= 0.6 is 0 Å². The maximum Gasteiger partial charge on any atom is 0.181 e. The van der Waals surface area contributed by atoms with Crippen molar-refractivity contribution >= 4 is 17.1 Å². The van der Waals surface area contributed by atoms with Gasteiger partial charge in [-0.3, -0.25) is 9.20 Å². The molecule has 1 aliphatic heterocycles. The van der Waals surface area contributed by atoms with Gasteiger partial charge in [0.05, 0.1) is 30.2 Å². The fourth-order valence-corrected chi connectivity index (χ4v) is 4.58. The van der Waals surface area contributed by atoms with Crippen LogP contribution < -0.4 is 9.64 Å². The zero-order valence-electron chi connectivity index (χ0n) is 20.8. The summed E-state index contributed by atoms with van der Waals surface area (Å²) in [6, 6.07) is 5.47. The van der Waals surface area contributed by atoms with Crippen molar-refractivity contribution < 1.29 is 28.2 Å². The molecule has 1 N–H and O–H groups in total. The van der Waals surface area contributed by atoms with E-state index >= 15 is 0 Å². The lowest BCUT2D eigenvalue weighted by atomic mass is 9.95. The highest BCUT2D eigenvalue weighted by atomic mass is 19.1. The molecule has 36 heavy (non-hydrogen) atoms. The third kappa shape index (κ3) is 5.68. The number of carbonyl (C=O) groups is 1. The van der Waals surface area contributed by atoms with Crippen molar-refractivity contribution in [3.63, 3.8) is 0 Å². The number of benzene rings is 1. The number of rotatable bonds is 11.